The summed E-state index contributed by atoms with van der Waals surface area (Å²) in [5.41, 5.74) is -0.657. The minimum atomic E-state index is -1.87. The van der Waals surface area contributed by atoms with Crippen molar-refractivity contribution in [2.24, 2.45) is 0 Å². The van der Waals surface area contributed by atoms with E-state index in [1.807, 2.05) is 25.1 Å². The summed E-state index contributed by atoms with van der Waals surface area (Å²) in [6.07, 6.45) is -0.549. The van der Waals surface area contributed by atoms with Crippen molar-refractivity contribution in [3.8, 4) is 0 Å². The smallest absolute Gasteiger partial charge is 0.164 e. The van der Waals surface area contributed by atoms with E-state index in [4.69, 9.17) is 0 Å². The van der Waals surface area contributed by atoms with Crippen molar-refractivity contribution in [2.75, 3.05) is 32.1 Å². The van der Waals surface area contributed by atoms with Crippen LogP contribution in [0, 0.1) is 11.6 Å². The van der Waals surface area contributed by atoms with Gasteiger partial charge in [0.15, 0.2) is 23.5 Å². The number of hydrogen-bond donors (Lipinski definition) is 2. The van der Waals surface area contributed by atoms with Gasteiger partial charge in [0.05, 0.1) is 0 Å². The van der Waals surface area contributed by atoms with Crippen LogP contribution in [0.15, 0.2) is 40.9 Å². The maximum absolute atomic E-state index is 13.8. The lowest BCUT2D eigenvalue weighted by Crippen LogP contribution is -2.46. The molecule has 2 unspecified atom stereocenters. The van der Waals surface area contributed by atoms with Crippen LogP contribution in [-0.4, -0.2) is 48.5 Å². The van der Waals surface area contributed by atoms with Crippen LogP contribution in [-0.2, 0) is 5.60 Å². The predicted octanol–water partition coefficient (Wildman–Crippen LogP) is 3.05. The van der Waals surface area contributed by atoms with Gasteiger partial charge in [0, 0.05) is 22.3 Å². The lowest BCUT2D eigenvalue weighted by Gasteiger charge is -2.32. The summed E-state index contributed by atoms with van der Waals surface area (Å²) in [5.74, 6) is -2.07. The van der Waals surface area contributed by atoms with Crippen LogP contribution in [0.2, 0.25) is 0 Å². The van der Waals surface area contributed by atoms with Crippen LogP contribution >= 0.6 is 15.9 Å². The van der Waals surface area contributed by atoms with Crippen LogP contribution in [0.5, 0.6) is 0 Å². The van der Waals surface area contributed by atoms with Crippen LogP contribution in [0.25, 0.3) is 0 Å². The molecule has 2 atom stereocenters. The quantitative estimate of drug-likeness (QED) is 0.771. The van der Waals surface area contributed by atoms with E-state index in [0.717, 1.165) is 25.1 Å². The molecule has 2 aromatic rings. The number of aliphatic hydroxyl groups is 2. The summed E-state index contributed by atoms with van der Waals surface area (Å²) in [7, 11) is 3.92. The Labute approximate surface area is 159 Å². The molecule has 26 heavy (non-hydrogen) atoms. The van der Waals surface area contributed by atoms with Crippen LogP contribution in [0.1, 0.15) is 17.5 Å². The molecule has 1 heterocycles. The molecule has 4 nitrogen and oxygen atoms in total. The summed E-state index contributed by atoms with van der Waals surface area (Å²) in [6, 6.07) is 8.56. The van der Waals surface area contributed by atoms with E-state index < -0.39 is 23.5 Å². The number of hydrogen-bond acceptors (Lipinski definition) is 4. The maximum atomic E-state index is 13.8. The molecule has 0 aliphatic carbocycles. The Hall–Kier alpha value is -1.54. The minimum absolute atomic E-state index is 0.104. The largest absolute Gasteiger partial charge is 0.375 e. The van der Waals surface area contributed by atoms with E-state index in [1.54, 1.807) is 17.0 Å². The number of halogens is 3. The second-order valence-corrected chi connectivity index (χ2v) is 7.61. The van der Waals surface area contributed by atoms with Crippen LogP contribution in [0.3, 0.4) is 0 Å². The van der Waals surface area contributed by atoms with Gasteiger partial charge in [-0.25, -0.2) is 8.78 Å². The van der Waals surface area contributed by atoms with Gasteiger partial charge in [0.2, 0.25) is 0 Å². The highest BCUT2D eigenvalue weighted by Gasteiger charge is 2.51. The molecule has 0 radical (unpaired) electrons. The van der Waals surface area contributed by atoms with Gasteiger partial charge in [-0.3, -0.25) is 0 Å². The average Bonchev–Trinajstić information content (AvgIpc) is 2.80. The van der Waals surface area contributed by atoms with E-state index in [1.165, 1.54) is 6.07 Å². The summed E-state index contributed by atoms with van der Waals surface area (Å²) >= 11 is 3.43. The van der Waals surface area contributed by atoms with E-state index in [-0.39, 0.29) is 5.56 Å². The van der Waals surface area contributed by atoms with Crippen molar-refractivity contribution >= 4 is 21.6 Å². The Balaban J connectivity index is 2.07. The van der Waals surface area contributed by atoms with Gasteiger partial charge in [-0.15, -0.1) is 0 Å². The summed E-state index contributed by atoms with van der Waals surface area (Å²) in [4.78, 5) is 3.73. The SMILES string of the molecule is CN(C)CCCN1c2cccc(Br)c2C(O)(c2ccc(F)c(F)c2)C1O. The third kappa shape index (κ3) is 3.13. The molecule has 0 aromatic heterocycles. The van der Waals surface area contributed by atoms with Gasteiger partial charge in [-0.2, -0.15) is 0 Å². The molecule has 3 rings (SSSR count). The van der Waals surface area contributed by atoms with Crippen molar-refractivity contribution in [3.05, 3.63) is 63.6 Å². The van der Waals surface area contributed by atoms with E-state index in [0.29, 0.717) is 22.3 Å². The first kappa shape index (κ1) is 19.2. The van der Waals surface area contributed by atoms with E-state index >= 15 is 0 Å². The van der Waals surface area contributed by atoms with E-state index in [2.05, 4.69) is 15.9 Å². The van der Waals surface area contributed by atoms with E-state index in [9.17, 15) is 19.0 Å². The van der Waals surface area contributed by atoms with Crippen molar-refractivity contribution in [1.82, 2.24) is 4.90 Å². The number of aliphatic hydroxyl groups excluding tert-OH is 1. The van der Waals surface area contributed by atoms with Gasteiger partial charge in [0.1, 0.15) is 0 Å². The Bertz CT molecular complexity index is 818. The Morgan fingerprint density at radius 3 is 2.58 bits per heavy atom. The first-order valence-corrected chi connectivity index (χ1v) is 9.12. The number of nitrogens with zero attached hydrogens (tertiary/aromatic N) is 2. The van der Waals surface area contributed by atoms with Crippen LogP contribution in [0.4, 0.5) is 14.5 Å². The van der Waals surface area contributed by atoms with Gasteiger partial charge in [0.25, 0.3) is 0 Å². The number of rotatable bonds is 5. The average molecular weight is 427 g/mol. The number of fused-ring (bicyclic) bond motifs is 1. The standard InChI is InChI=1S/C19H21BrF2N2O2/c1-23(2)9-4-10-24-16-6-3-5-13(20)17(16)19(26,18(24)25)12-7-8-14(21)15(22)11-12/h3,5-8,11,18,25-26H,4,9-10H2,1-2H3. The van der Waals surface area contributed by atoms with Crippen molar-refractivity contribution in [3.63, 3.8) is 0 Å². The highest BCUT2D eigenvalue weighted by Crippen LogP contribution is 2.50. The third-order valence-electron chi connectivity index (χ3n) is 4.72. The Kier molecular flexibility index (Phi) is 5.35. The molecule has 0 saturated heterocycles. The maximum Gasteiger partial charge on any atom is 0.164 e. The van der Waals surface area contributed by atoms with Gasteiger partial charge < -0.3 is 20.0 Å². The second-order valence-electron chi connectivity index (χ2n) is 6.75. The molecular weight excluding hydrogens is 406 g/mol. The summed E-state index contributed by atoms with van der Waals surface area (Å²) in [6.45, 7) is 1.32. The van der Waals surface area contributed by atoms with Crippen molar-refractivity contribution < 1.29 is 19.0 Å². The number of benzene rings is 2. The summed E-state index contributed by atoms with van der Waals surface area (Å²) in [5, 5.41) is 22.4. The molecule has 0 amide bonds. The third-order valence-corrected chi connectivity index (χ3v) is 5.38. The first-order chi connectivity index (χ1) is 12.3. The number of anilines is 1. The molecule has 0 fully saturated rings. The van der Waals surface area contributed by atoms with Crippen molar-refractivity contribution in [2.45, 2.75) is 18.2 Å². The second kappa shape index (κ2) is 7.23. The van der Waals surface area contributed by atoms with Crippen molar-refractivity contribution in [1.29, 1.82) is 0 Å². The molecule has 0 saturated carbocycles. The Morgan fingerprint density at radius 1 is 1.19 bits per heavy atom. The highest BCUT2D eigenvalue weighted by atomic mass is 79.9. The molecule has 7 heteroatoms. The molecule has 2 aromatic carbocycles. The van der Waals surface area contributed by atoms with Crippen LogP contribution < -0.4 is 4.90 Å². The van der Waals surface area contributed by atoms with Gasteiger partial charge >= 0.3 is 0 Å². The molecule has 2 N–H and O–H groups in total. The molecule has 1 aliphatic heterocycles. The molecule has 0 spiro atoms. The zero-order valence-corrected chi connectivity index (χ0v) is 16.2. The predicted molar refractivity (Wildman–Crippen MR) is 100 cm³/mol. The molecule has 0 bridgehead atoms. The van der Waals surface area contributed by atoms with Gasteiger partial charge in [-0.1, -0.05) is 28.1 Å². The fourth-order valence-electron chi connectivity index (χ4n) is 3.44. The molecular formula is C19H21BrF2N2O2. The Morgan fingerprint density at radius 2 is 1.92 bits per heavy atom. The zero-order chi connectivity index (χ0) is 19.1. The molecule has 1 aliphatic rings. The topological polar surface area (TPSA) is 46.9 Å². The van der Waals surface area contributed by atoms with Gasteiger partial charge in [-0.05, 0) is 56.9 Å². The normalized spacial score (nSPS) is 22.2. The lowest BCUT2D eigenvalue weighted by atomic mass is 9.86. The monoisotopic (exact) mass is 426 g/mol. The highest BCUT2D eigenvalue weighted by molar-refractivity contribution is 9.10. The lowest BCUT2D eigenvalue weighted by molar-refractivity contribution is -0.0391. The zero-order valence-electron chi connectivity index (χ0n) is 14.6. The fraction of sp³-hybridized carbons (Fsp3) is 0.368. The minimum Gasteiger partial charge on any atom is -0.375 e. The molecule has 140 valence electrons. The fourth-order valence-corrected chi connectivity index (χ4v) is 4.10. The summed E-state index contributed by atoms with van der Waals surface area (Å²) < 4.78 is 27.7. The first-order valence-electron chi connectivity index (χ1n) is 8.33.